The maximum atomic E-state index is 12.0. The Morgan fingerprint density at radius 1 is 1.29 bits per heavy atom. The predicted octanol–water partition coefficient (Wildman–Crippen LogP) is 3.11. The molecular weight excluding hydrogens is 304 g/mol. The van der Waals surface area contributed by atoms with E-state index in [0.29, 0.717) is 12.2 Å². The minimum absolute atomic E-state index is 0.0679. The predicted molar refractivity (Wildman–Crippen MR) is 92.5 cm³/mol. The number of aliphatic hydroxyl groups is 1. The van der Waals surface area contributed by atoms with Gasteiger partial charge in [-0.25, -0.2) is 0 Å². The monoisotopic (exact) mass is 326 g/mol. The topological polar surface area (TPSA) is 78.3 Å². The second-order valence-corrected chi connectivity index (χ2v) is 6.24. The average molecular weight is 326 g/mol. The SMILES string of the molecule is CC(O)(CNC(=O)CCCc1c[nH]c2ccccc12)c1ccco1. The molecular formula is C19H22N2O3. The molecule has 0 spiro atoms. The highest BCUT2D eigenvalue weighted by Crippen LogP contribution is 2.21. The van der Waals surface area contributed by atoms with Crippen molar-refractivity contribution in [3.63, 3.8) is 0 Å². The molecule has 1 unspecified atom stereocenters. The van der Waals surface area contributed by atoms with Gasteiger partial charge in [-0.05, 0) is 43.5 Å². The first-order valence-electron chi connectivity index (χ1n) is 8.14. The summed E-state index contributed by atoms with van der Waals surface area (Å²) in [5.41, 5.74) is 1.14. The van der Waals surface area contributed by atoms with E-state index in [1.165, 1.54) is 17.2 Å². The second-order valence-electron chi connectivity index (χ2n) is 6.24. The lowest BCUT2D eigenvalue weighted by Crippen LogP contribution is -2.38. The normalized spacial score (nSPS) is 13.8. The lowest BCUT2D eigenvalue weighted by atomic mass is 10.0. The number of carbonyl (C=O) groups is 1. The lowest BCUT2D eigenvalue weighted by Gasteiger charge is -2.21. The van der Waals surface area contributed by atoms with Crippen LogP contribution in [0.25, 0.3) is 10.9 Å². The van der Waals surface area contributed by atoms with E-state index in [4.69, 9.17) is 4.42 Å². The number of rotatable bonds is 7. The third-order valence-corrected chi connectivity index (χ3v) is 4.21. The Hall–Kier alpha value is -2.53. The molecule has 0 radical (unpaired) electrons. The van der Waals surface area contributed by atoms with Crippen LogP contribution in [0.15, 0.2) is 53.3 Å². The minimum atomic E-state index is -1.20. The van der Waals surface area contributed by atoms with Crippen molar-refractivity contribution in [2.75, 3.05) is 6.54 Å². The molecule has 3 aromatic rings. The van der Waals surface area contributed by atoms with Crippen LogP contribution in [0.3, 0.4) is 0 Å². The van der Waals surface area contributed by atoms with Gasteiger partial charge >= 0.3 is 0 Å². The molecule has 2 heterocycles. The van der Waals surface area contributed by atoms with Crippen LogP contribution in [0.2, 0.25) is 0 Å². The Morgan fingerprint density at radius 2 is 2.12 bits per heavy atom. The van der Waals surface area contributed by atoms with Crippen LogP contribution in [0.1, 0.15) is 31.1 Å². The number of aromatic amines is 1. The average Bonchev–Trinajstić information content (AvgIpc) is 3.24. The summed E-state index contributed by atoms with van der Waals surface area (Å²) >= 11 is 0. The standard InChI is InChI=1S/C19H22N2O3/c1-19(23,17-9-5-11-24-17)13-21-18(22)10-4-6-14-12-20-16-8-3-2-7-15(14)16/h2-3,5,7-9,11-12,20,23H,4,6,10,13H2,1H3,(H,21,22). The minimum Gasteiger partial charge on any atom is -0.466 e. The Morgan fingerprint density at radius 3 is 2.92 bits per heavy atom. The van der Waals surface area contributed by atoms with E-state index in [2.05, 4.69) is 16.4 Å². The number of benzene rings is 1. The van der Waals surface area contributed by atoms with Gasteiger partial charge in [0.2, 0.25) is 5.91 Å². The van der Waals surface area contributed by atoms with Crippen molar-refractivity contribution in [2.45, 2.75) is 31.8 Å². The fourth-order valence-corrected chi connectivity index (χ4v) is 2.81. The smallest absolute Gasteiger partial charge is 0.220 e. The first-order chi connectivity index (χ1) is 11.6. The highest BCUT2D eigenvalue weighted by Gasteiger charge is 2.26. The number of aromatic nitrogens is 1. The molecule has 1 amide bonds. The number of nitrogens with one attached hydrogen (secondary N) is 2. The Bertz CT molecular complexity index is 803. The fraction of sp³-hybridized carbons (Fsp3) is 0.316. The molecule has 5 heteroatoms. The van der Waals surface area contributed by atoms with Crippen LogP contribution in [0.5, 0.6) is 0 Å². The number of hydrogen-bond donors (Lipinski definition) is 3. The molecule has 0 bridgehead atoms. The van der Waals surface area contributed by atoms with E-state index in [1.807, 2.05) is 24.4 Å². The van der Waals surface area contributed by atoms with Crippen molar-refractivity contribution in [1.82, 2.24) is 10.3 Å². The summed E-state index contributed by atoms with van der Waals surface area (Å²) in [4.78, 5) is 15.2. The number of carbonyl (C=O) groups excluding carboxylic acids is 1. The molecule has 3 rings (SSSR count). The largest absolute Gasteiger partial charge is 0.466 e. The maximum absolute atomic E-state index is 12.0. The maximum Gasteiger partial charge on any atom is 0.220 e. The number of amides is 1. The van der Waals surface area contributed by atoms with Gasteiger partial charge in [-0.15, -0.1) is 0 Å². The second kappa shape index (κ2) is 6.93. The third kappa shape index (κ3) is 3.68. The molecule has 0 aliphatic rings. The Kier molecular flexibility index (Phi) is 4.71. The molecule has 0 saturated carbocycles. The zero-order chi connectivity index (χ0) is 17.0. The molecule has 0 aliphatic carbocycles. The summed E-state index contributed by atoms with van der Waals surface area (Å²) in [6.45, 7) is 1.75. The molecule has 5 nitrogen and oxygen atoms in total. The van der Waals surface area contributed by atoms with Gasteiger partial charge in [0, 0.05) is 23.5 Å². The molecule has 0 aliphatic heterocycles. The highest BCUT2D eigenvalue weighted by molar-refractivity contribution is 5.83. The van der Waals surface area contributed by atoms with Gasteiger partial charge in [-0.3, -0.25) is 4.79 Å². The molecule has 1 aromatic carbocycles. The van der Waals surface area contributed by atoms with Gasteiger partial charge in [0.05, 0.1) is 12.8 Å². The van der Waals surface area contributed by atoms with Crippen LogP contribution in [0.4, 0.5) is 0 Å². The van der Waals surface area contributed by atoms with E-state index in [-0.39, 0.29) is 12.5 Å². The van der Waals surface area contributed by atoms with Crippen molar-refractivity contribution in [3.8, 4) is 0 Å². The lowest BCUT2D eigenvalue weighted by molar-refractivity contribution is -0.122. The number of furan rings is 1. The van der Waals surface area contributed by atoms with Crippen LogP contribution in [0, 0.1) is 0 Å². The first-order valence-corrected chi connectivity index (χ1v) is 8.14. The van der Waals surface area contributed by atoms with E-state index in [0.717, 1.165) is 18.4 Å². The summed E-state index contributed by atoms with van der Waals surface area (Å²) in [6, 6.07) is 11.6. The fourth-order valence-electron chi connectivity index (χ4n) is 2.81. The van der Waals surface area contributed by atoms with E-state index < -0.39 is 5.60 Å². The zero-order valence-corrected chi connectivity index (χ0v) is 13.7. The molecule has 126 valence electrons. The van der Waals surface area contributed by atoms with E-state index in [1.54, 1.807) is 19.1 Å². The van der Waals surface area contributed by atoms with Crippen molar-refractivity contribution in [1.29, 1.82) is 0 Å². The van der Waals surface area contributed by atoms with Crippen LogP contribution >= 0.6 is 0 Å². The van der Waals surface area contributed by atoms with Gasteiger partial charge in [0.25, 0.3) is 0 Å². The number of hydrogen-bond acceptors (Lipinski definition) is 3. The summed E-state index contributed by atoms with van der Waals surface area (Å²) in [5, 5.41) is 14.3. The molecule has 2 aromatic heterocycles. The van der Waals surface area contributed by atoms with Crippen molar-refractivity contribution in [2.24, 2.45) is 0 Å². The molecule has 0 fully saturated rings. The van der Waals surface area contributed by atoms with Crippen LogP contribution in [-0.4, -0.2) is 22.5 Å². The van der Waals surface area contributed by atoms with Gasteiger partial charge in [-0.2, -0.15) is 0 Å². The molecule has 3 N–H and O–H groups in total. The van der Waals surface area contributed by atoms with Gasteiger partial charge < -0.3 is 19.8 Å². The zero-order valence-electron chi connectivity index (χ0n) is 13.7. The van der Waals surface area contributed by atoms with Crippen molar-refractivity contribution < 1.29 is 14.3 Å². The van der Waals surface area contributed by atoms with Crippen molar-refractivity contribution >= 4 is 16.8 Å². The van der Waals surface area contributed by atoms with E-state index in [9.17, 15) is 9.90 Å². The summed E-state index contributed by atoms with van der Waals surface area (Å²) in [6.07, 6.45) is 5.54. The van der Waals surface area contributed by atoms with Gasteiger partial charge in [0.15, 0.2) is 0 Å². The Balaban J connectivity index is 1.46. The highest BCUT2D eigenvalue weighted by atomic mass is 16.4. The number of H-pyrrole nitrogens is 1. The number of para-hydroxylation sites is 1. The molecule has 24 heavy (non-hydrogen) atoms. The third-order valence-electron chi connectivity index (χ3n) is 4.21. The van der Waals surface area contributed by atoms with Gasteiger partial charge in [-0.1, -0.05) is 18.2 Å². The van der Waals surface area contributed by atoms with E-state index >= 15 is 0 Å². The number of fused-ring (bicyclic) bond motifs is 1. The molecule has 0 saturated heterocycles. The quantitative estimate of drug-likeness (QED) is 0.624. The summed E-state index contributed by atoms with van der Waals surface area (Å²) in [5.74, 6) is 0.378. The first kappa shape index (κ1) is 16.3. The van der Waals surface area contributed by atoms with Crippen LogP contribution in [-0.2, 0) is 16.8 Å². The number of aryl methyl sites for hydroxylation is 1. The summed E-state index contributed by atoms with van der Waals surface area (Å²) < 4.78 is 5.20. The van der Waals surface area contributed by atoms with Crippen LogP contribution < -0.4 is 5.32 Å². The Labute approximate surface area is 140 Å². The summed E-state index contributed by atoms with van der Waals surface area (Å²) in [7, 11) is 0. The molecule has 1 atom stereocenters. The van der Waals surface area contributed by atoms with Gasteiger partial charge in [0.1, 0.15) is 11.4 Å². The van der Waals surface area contributed by atoms with Crippen molar-refractivity contribution in [3.05, 3.63) is 60.2 Å².